The minimum absolute atomic E-state index is 0.00280. The maximum atomic E-state index is 12.2. The number of ether oxygens (including phenoxy) is 2. The van der Waals surface area contributed by atoms with E-state index in [4.69, 9.17) is 9.47 Å². The van der Waals surface area contributed by atoms with Gasteiger partial charge in [-0.05, 0) is 46.1 Å². The highest BCUT2D eigenvalue weighted by atomic mass is 16.6. The zero-order valence-corrected chi connectivity index (χ0v) is 15.5. The fourth-order valence-electron chi connectivity index (χ4n) is 2.83. The normalized spacial score (nSPS) is 20.7. The van der Waals surface area contributed by atoms with Gasteiger partial charge < -0.3 is 19.7 Å². The lowest BCUT2D eigenvalue weighted by Crippen LogP contribution is -2.52. The molecule has 0 aromatic heterocycles. The molecule has 1 aliphatic heterocycles. The molecule has 0 aliphatic carbocycles. The number of carbonyl (C=O) groups excluding carboxylic acids is 2. The molecule has 0 unspecified atom stereocenters. The summed E-state index contributed by atoms with van der Waals surface area (Å²) in [5.41, 5.74) is 0.443. The van der Waals surface area contributed by atoms with Gasteiger partial charge in [-0.15, -0.1) is 0 Å². The van der Waals surface area contributed by atoms with Crippen molar-refractivity contribution in [3.8, 4) is 0 Å². The highest BCUT2D eigenvalue weighted by Crippen LogP contribution is 2.20. The first kappa shape index (κ1) is 19.1. The van der Waals surface area contributed by atoms with Gasteiger partial charge in [0.05, 0.1) is 0 Å². The Morgan fingerprint density at radius 1 is 1.24 bits per heavy atom. The van der Waals surface area contributed by atoms with Crippen molar-refractivity contribution in [3.05, 3.63) is 35.9 Å². The standard InChI is InChI=1S/C19H28N2O4/c1-14-12-16(10-11-21(14)18(23)25-19(2,3)4)20-17(22)24-13-15-8-6-5-7-9-15/h5-9,14,16H,10-13H2,1-4H3,(H,20,22)/t14-,16-/m0/s1. The number of hydrogen-bond acceptors (Lipinski definition) is 4. The van der Waals surface area contributed by atoms with Crippen LogP contribution in [0.5, 0.6) is 0 Å². The molecule has 1 aliphatic rings. The van der Waals surface area contributed by atoms with Gasteiger partial charge in [-0.25, -0.2) is 9.59 Å². The number of amides is 2. The molecule has 1 fully saturated rings. The molecule has 0 saturated carbocycles. The molecule has 138 valence electrons. The summed E-state index contributed by atoms with van der Waals surface area (Å²) < 4.78 is 10.7. The summed E-state index contributed by atoms with van der Waals surface area (Å²) in [4.78, 5) is 25.9. The van der Waals surface area contributed by atoms with Crippen molar-refractivity contribution in [1.29, 1.82) is 0 Å². The van der Waals surface area contributed by atoms with Crippen molar-refractivity contribution in [2.75, 3.05) is 6.54 Å². The quantitative estimate of drug-likeness (QED) is 0.904. The van der Waals surface area contributed by atoms with Gasteiger partial charge >= 0.3 is 12.2 Å². The predicted octanol–water partition coefficient (Wildman–Crippen LogP) is 3.70. The summed E-state index contributed by atoms with van der Waals surface area (Å²) in [5.74, 6) is 0. The Bertz CT molecular complexity index is 583. The third-order valence-electron chi connectivity index (χ3n) is 4.04. The maximum absolute atomic E-state index is 12.2. The van der Waals surface area contributed by atoms with Crippen LogP contribution in [0.25, 0.3) is 0 Å². The molecule has 2 atom stereocenters. The van der Waals surface area contributed by atoms with Crippen LogP contribution in [0.4, 0.5) is 9.59 Å². The number of piperidine rings is 1. The van der Waals surface area contributed by atoms with E-state index in [1.54, 1.807) is 4.90 Å². The van der Waals surface area contributed by atoms with Gasteiger partial charge in [-0.1, -0.05) is 30.3 Å². The molecule has 25 heavy (non-hydrogen) atoms. The Labute approximate surface area is 149 Å². The van der Waals surface area contributed by atoms with Crippen molar-refractivity contribution in [2.45, 2.75) is 64.8 Å². The Balaban J connectivity index is 1.76. The lowest BCUT2D eigenvalue weighted by atomic mass is 9.99. The summed E-state index contributed by atoms with van der Waals surface area (Å²) in [6, 6.07) is 9.56. The molecular formula is C19H28N2O4. The third kappa shape index (κ3) is 6.29. The summed E-state index contributed by atoms with van der Waals surface area (Å²) in [7, 11) is 0. The Morgan fingerprint density at radius 2 is 1.92 bits per heavy atom. The lowest BCUT2D eigenvalue weighted by Gasteiger charge is -2.38. The predicted molar refractivity (Wildman–Crippen MR) is 95.2 cm³/mol. The van der Waals surface area contributed by atoms with Gasteiger partial charge in [-0.2, -0.15) is 0 Å². The van der Waals surface area contributed by atoms with E-state index in [1.165, 1.54) is 0 Å². The van der Waals surface area contributed by atoms with Crippen molar-refractivity contribution < 1.29 is 19.1 Å². The largest absolute Gasteiger partial charge is 0.445 e. The molecule has 2 amide bonds. The highest BCUT2D eigenvalue weighted by Gasteiger charge is 2.32. The number of rotatable bonds is 3. The van der Waals surface area contributed by atoms with Crippen molar-refractivity contribution in [1.82, 2.24) is 10.2 Å². The summed E-state index contributed by atoms with van der Waals surface area (Å²) >= 11 is 0. The third-order valence-corrected chi connectivity index (χ3v) is 4.04. The topological polar surface area (TPSA) is 67.9 Å². The molecule has 6 heteroatoms. The Hall–Kier alpha value is -2.24. The highest BCUT2D eigenvalue weighted by molar-refractivity contribution is 5.69. The van der Waals surface area contributed by atoms with Gasteiger partial charge in [0.1, 0.15) is 12.2 Å². The van der Waals surface area contributed by atoms with Crippen LogP contribution in [0, 0.1) is 0 Å². The number of nitrogens with one attached hydrogen (secondary N) is 1. The first-order chi connectivity index (χ1) is 11.7. The van der Waals surface area contributed by atoms with Gasteiger partial charge in [0, 0.05) is 18.6 Å². The SMILES string of the molecule is C[C@H]1C[C@@H](NC(=O)OCc2ccccc2)CCN1C(=O)OC(C)(C)C. The Kier molecular flexibility index (Phi) is 6.28. The molecule has 6 nitrogen and oxygen atoms in total. The van der Waals surface area contributed by atoms with Crippen molar-refractivity contribution >= 4 is 12.2 Å². The van der Waals surface area contributed by atoms with Gasteiger partial charge in [-0.3, -0.25) is 0 Å². The van der Waals surface area contributed by atoms with E-state index < -0.39 is 11.7 Å². The molecule has 1 aromatic carbocycles. The first-order valence-corrected chi connectivity index (χ1v) is 8.71. The molecule has 1 saturated heterocycles. The van der Waals surface area contributed by atoms with Crippen LogP contribution in [0.3, 0.4) is 0 Å². The molecule has 1 heterocycles. The lowest BCUT2D eigenvalue weighted by molar-refractivity contribution is 0.00940. The first-order valence-electron chi connectivity index (χ1n) is 8.71. The smallest absolute Gasteiger partial charge is 0.410 e. The van der Waals surface area contributed by atoms with E-state index in [0.717, 1.165) is 5.56 Å². The number of nitrogens with zero attached hydrogens (tertiary/aromatic N) is 1. The van der Waals surface area contributed by atoms with Gasteiger partial charge in [0.25, 0.3) is 0 Å². The number of benzene rings is 1. The second-order valence-corrected chi connectivity index (χ2v) is 7.45. The van der Waals surface area contributed by atoms with Crippen LogP contribution < -0.4 is 5.32 Å². The molecule has 1 aromatic rings. The summed E-state index contributed by atoms with van der Waals surface area (Å²) in [5, 5.41) is 2.89. The van der Waals surface area contributed by atoms with E-state index in [0.29, 0.717) is 19.4 Å². The number of likely N-dealkylation sites (tertiary alicyclic amines) is 1. The maximum Gasteiger partial charge on any atom is 0.410 e. The monoisotopic (exact) mass is 348 g/mol. The van der Waals surface area contributed by atoms with Gasteiger partial charge in [0.2, 0.25) is 0 Å². The van der Waals surface area contributed by atoms with E-state index in [1.807, 2.05) is 58.0 Å². The van der Waals surface area contributed by atoms with Crippen LogP contribution in [0.15, 0.2) is 30.3 Å². The number of carbonyl (C=O) groups is 2. The number of hydrogen-bond donors (Lipinski definition) is 1. The van der Waals surface area contributed by atoms with Crippen LogP contribution in [-0.2, 0) is 16.1 Å². The summed E-state index contributed by atoms with van der Waals surface area (Å²) in [6.07, 6.45) is 0.640. The summed E-state index contributed by atoms with van der Waals surface area (Å²) in [6.45, 7) is 8.33. The average Bonchev–Trinajstić information content (AvgIpc) is 2.52. The molecule has 1 N–H and O–H groups in total. The molecular weight excluding hydrogens is 320 g/mol. The minimum atomic E-state index is -0.507. The van der Waals surface area contributed by atoms with Crippen molar-refractivity contribution in [3.63, 3.8) is 0 Å². The molecule has 0 bridgehead atoms. The average molecular weight is 348 g/mol. The van der Waals surface area contributed by atoms with E-state index in [-0.39, 0.29) is 24.8 Å². The van der Waals surface area contributed by atoms with Crippen molar-refractivity contribution in [2.24, 2.45) is 0 Å². The fraction of sp³-hybridized carbons (Fsp3) is 0.579. The molecule has 0 spiro atoms. The van der Waals surface area contributed by atoms with E-state index in [2.05, 4.69) is 5.32 Å². The number of alkyl carbamates (subject to hydrolysis) is 1. The van der Waals surface area contributed by atoms with Crippen LogP contribution in [-0.4, -0.2) is 41.3 Å². The van der Waals surface area contributed by atoms with Crippen LogP contribution >= 0.6 is 0 Å². The Morgan fingerprint density at radius 3 is 2.52 bits per heavy atom. The second kappa shape index (κ2) is 8.23. The molecule has 2 rings (SSSR count). The second-order valence-electron chi connectivity index (χ2n) is 7.45. The zero-order chi connectivity index (χ0) is 18.4. The minimum Gasteiger partial charge on any atom is -0.445 e. The van der Waals surface area contributed by atoms with Crippen LogP contribution in [0.2, 0.25) is 0 Å². The van der Waals surface area contributed by atoms with Crippen LogP contribution in [0.1, 0.15) is 46.1 Å². The fourth-order valence-corrected chi connectivity index (χ4v) is 2.83. The van der Waals surface area contributed by atoms with E-state index in [9.17, 15) is 9.59 Å². The van der Waals surface area contributed by atoms with E-state index >= 15 is 0 Å². The molecule has 0 radical (unpaired) electrons. The van der Waals surface area contributed by atoms with Gasteiger partial charge in [0.15, 0.2) is 0 Å². The zero-order valence-electron chi connectivity index (χ0n) is 15.5.